The first-order valence-electron chi connectivity index (χ1n) is 6.47. The molecule has 0 saturated carbocycles. The van der Waals surface area contributed by atoms with Crippen molar-refractivity contribution in [3.05, 3.63) is 57.3 Å². The van der Waals surface area contributed by atoms with Crippen molar-refractivity contribution in [2.75, 3.05) is 6.54 Å². The maximum Gasteiger partial charge on any atom is 0.254 e. The molecule has 0 saturated heterocycles. The van der Waals surface area contributed by atoms with Crippen LogP contribution < -0.4 is 10.1 Å². The predicted molar refractivity (Wildman–Crippen MR) is 83.8 cm³/mol. The minimum absolute atomic E-state index is 0.0507. The van der Waals surface area contributed by atoms with Crippen LogP contribution in [-0.2, 0) is 6.42 Å². The van der Waals surface area contributed by atoms with Crippen LogP contribution in [0.25, 0.3) is 0 Å². The van der Waals surface area contributed by atoms with Gasteiger partial charge in [0.15, 0.2) is 0 Å². The van der Waals surface area contributed by atoms with Gasteiger partial charge in [-0.3, -0.25) is 4.79 Å². The fourth-order valence-corrected chi connectivity index (χ4v) is 2.77. The van der Waals surface area contributed by atoms with Crippen molar-refractivity contribution in [3.63, 3.8) is 0 Å². The monoisotopic (exact) mass is 366 g/mol. The Kier molecular flexibility index (Phi) is 4.12. The molecule has 1 aromatic carbocycles. The number of hydrogen-bond donors (Lipinski definition) is 1. The van der Waals surface area contributed by atoms with Crippen LogP contribution in [0.2, 0.25) is 5.15 Å². The second kappa shape index (κ2) is 6.03. The Hall–Kier alpha value is -1.59. The van der Waals surface area contributed by atoms with Gasteiger partial charge >= 0.3 is 0 Å². The third-order valence-corrected chi connectivity index (χ3v) is 3.99. The SMILES string of the molecule is O=C(NCC1Cc2ccccc2O1)c1cc(Br)cnc1Cl. The van der Waals surface area contributed by atoms with Crippen LogP contribution in [-0.4, -0.2) is 23.5 Å². The molecule has 1 aliphatic rings. The normalized spacial score (nSPS) is 16.2. The highest BCUT2D eigenvalue weighted by Gasteiger charge is 2.23. The van der Waals surface area contributed by atoms with Crippen LogP contribution in [0.4, 0.5) is 0 Å². The van der Waals surface area contributed by atoms with Crippen LogP contribution in [0.3, 0.4) is 0 Å². The molecule has 1 aromatic heterocycles. The van der Waals surface area contributed by atoms with Gasteiger partial charge in [-0.1, -0.05) is 29.8 Å². The second-order valence-corrected chi connectivity index (χ2v) is 6.03. The van der Waals surface area contributed by atoms with E-state index in [2.05, 4.69) is 26.2 Å². The minimum atomic E-state index is -0.256. The minimum Gasteiger partial charge on any atom is -0.488 e. The van der Waals surface area contributed by atoms with E-state index in [1.807, 2.05) is 24.3 Å². The summed E-state index contributed by atoms with van der Waals surface area (Å²) in [6, 6.07) is 9.54. The Labute approximate surface area is 135 Å². The van der Waals surface area contributed by atoms with Gasteiger partial charge in [-0.05, 0) is 33.6 Å². The molecule has 1 unspecified atom stereocenters. The number of benzene rings is 1. The maximum absolute atomic E-state index is 12.1. The van der Waals surface area contributed by atoms with Crippen molar-refractivity contribution in [3.8, 4) is 5.75 Å². The molecule has 0 spiro atoms. The number of nitrogens with one attached hydrogen (secondary N) is 1. The van der Waals surface area contributed by atoms with E-state index in [-0.39, 0.29) is 17.2 Å². The van der Waals surface area contributed by atoms with Gasteiger partial charge in [0.25, 0.3) is 5.91 Å². The summed E-state index contributed by atoms with van der Waals surface area (Å²) in [4.78, 5) is 16.1. The zero-order valence-electron chi connectivity index (χ0n) is 11.0. The summed E-state index contributed by atoms with van der Waals surface area (Å²) in [6.07, 6.45) is 2.29. The molecule has 0 bridgehead atoms. The summed E-state index contributed by atoms with van der Waals surface area (Å²) in [5.41, 5.74) is 1.51. The van der Waals surface area contributed by atoms with Gasteiger partial charge in [0.1, 0.15) is 17.0 Å². The maximum atomic E-state index is 12.1. The van der Waals surface area contributed by atoms with Crippen molar-refractivity contribution >= 4 is 33.4 Å². The van der Waals surface area contributed by atoms with Crippen LogP contribution in [0.1, 0.15) is 15.9 Å². The number of hydrogen-bond acceptors (Lipinski definition) is 3. The van der Waals surface area contributed by atoms with E-state index in [1.54, 1.807) is 12.3 Å². The lowest BCUT2D eigenvalue weighted by Crippen LogP contribution is -2.34. The lowest BCUT2D eigenvalue weighted by Gasteiger charge is -2.12. The number of rotatable bonds is 3. The molecule has 3 rings (SSSR count). The number of pyridine rings is 1. The van der Waals surface area contributed by atoms with Gasteiger partial charge in [0, 0.05) is 17.1 Å². The lowest BCUT2D eigenvalue weighted by atomic mass is 10.1. The second-order valence-electron chi connectivity index (χ2n) is 4.75. The molecule has 1 aliphatic heterocycles. The van der Waals surface area contributed by atoms with Crippen LogP contribution in [0.15, 0.2) is 41.0 Å². The zero-order valence-corrected chi connectivity index (χ0v) is 13.3. The highest BCUT2D eigenvalue weighted by Crippen LogP contribution is 2.27. The predicted octanol–water partition coefficient (Wildman–Crippen LogP) is 3.23. The Morgan fingerprint density at radius 2 is 2.29 bits per heavy atom. The largest absolute Gasteiger partial charge is 0.488 e. The van der Waals surface area contributed by atoms with E-state index in [0.717, 1.165) is 12.2 Å². The lowest BCUT2D eigenvalue weighted by molar-refractivity contribution is 0.0933. The molecule has 6 heteroatoms. The molecular weight excluding hydrogens is 356 g/mol. The Bertz CT molecular complexity index is 668. The van der Waals surface area contributed by atoms with Crippen LogP contribution in [0.5, 0.6) is 5.75 Å². The van der Waals surface area contributed by atoms with Gasteiger partial charge < -0.3 is 10.1 Å². The molecule has 1 atom stereocenters. The molecule has 108 valence electrons. The van der Waals surface area contributed by atoms with E-state index >= 15 is 0 Å². The molecular formula is C15H12BrClN2O2. The summed E-state index contributed by atoms with van der Waals surface area (Å²) in [5.74, 6) is 0.632. The van der Waals surface area contributed by atoms with E-state index in [9.17, 15) is 4.79 Å². The number of aromatic nitrogens is 1. The van der Waals surface area contributed by atoms with Gasteiger partial charge in [0.05, 0.1) is 12.1 Å². The molecule has 1 amide bonds. The molecule has 0 fully saturated rings. The summed E-state index contributed by atoms with van der Waals surface area (Å²) in [5, 5.41) is 3.02. The quantitative estimate of drug-likeness (QED) is 0.847. The first kappa shape index (κ1) is 14.4. The fraction of sp³-hybridized carbons (Fsp3) is 0.200. The van der Waals surface area contributed by atoms with E-state index < -0.39 is 0 Å². The molecule has 21 heavy (non-hydrogen) atoms. The first-order chi connectivity index (χ1) is 10.1. The third kappa shape index (κ3) is 3.19. The average Bonchev–Trinajstić information content (AvgIpc) is 2.90. The van der Waals surface area contributed by atoms with E-state index in [0.29, 0.717) is 16.6 Å². The van der Waals surface area contributed by atoms with Gasteiger partial charge in [-0.2, -0.15) is 0 Å². The number of nitrogens with zero attached hydrogens (tertiary/aromatic N) is 1. The first-order valence-corrected chi connectivity index (χ1v) is 7.64. The number of para-hydroxylation sites is 1. The number of ether oxygens (including phenoxy) is 1. The molecule has 0 radical (unpaired) electrons. The average molecular weight is 368 g/mol. The smallest absolute Gasteiger partial charge is 0.254 e. The standard InChI is InChI=1S/C15H12BrClN2O2/c16-10-6-12(14(17)18-7-10)15(20)19-8-11-5-9-3-1-2-4-13(9)21-11/h1-4,6-7,11H,5,8H2,(H,19,20). The number of fused-ring (bicyclic) bond motifs is 1. The summed E-state index contributed by atoms with van der Waals surface area (Å²) < 4.78 is 6.48. The van der Waals surface area contributed by atoms with Crippen molar-refractivity contribution in [2.24, 2.45) is 0 Å². The Morgan fingerprint density at radius 1 is 1.48 bits per heavy atom. The molecule has 1 N–H and O–H groups in total. The van der Waals surface area contributed by atoms with Crippen LogP contribution in [0, 0.1) is 0 Å². The van der Waals surface area contributed by atoms with Gasteiger partial charge in [0.2, 0.25) is 0 Å². The Morgan fingerprint density at radius 3 is 3.10 bits per heavy atom. The number of carbonyl (C=O) groups excluding carboxylic acids is 1. The highest BCUT2D eigenvalue weighted by atomic mass is 79.9. The molecule has 4 nitrogen and oxygen atoms in total. The number of halogens is 2. The molecule has 2 aromatic rings. The van der Waals surface area contributed by atoms with E-state index in [4.69, 9.17) is 16.3 Å². The van der Waals surface area contributed by atoms with Crippen molar-refractivity contribution in [1.29, 1.82) is 0 Å². The summed E-state index contributed by atoms with van der Waals surface area (Å²) in [6.45, 7) is 0.427. The summed E-state index contributed by atoms with van der Waals surface area (Å²) in [7, 11) is 0. The zero-order chi connectivity index (χ0) is 14.8. The number of amides is 1. The van der Waals surface area contributed by atoms with Crippen molar-refractivity contribution in [2.45, 2.75) is 12.5 Å². The highest BCUT2D eigenvalue weighted by molar-refractivity contribution is 9.10. The topological polar surface area (TPSA) is 51.2 Å². The van der Waals surface area contributed by atoms with Crippen LogP contribution >= 0.6 is 27.5 Å². The van der Waals surface area contributed by atoms with Crippen molar-refractivity contribution < 1.29 is 9.53 Å². The number of carbonyl (C=O) groups is 1. The summed E-state index contributed by atoms with van der Waals surface area (Å²) >= 11 is 9.21. The molecule has 0 aliphatic carbocycles. The van der Waals surface area contributed by atoms with Crippen molar-refractivity contribution in [1.82, 2.24) is 10.3 Å². The van der Waals surface area contributed by atoms with Gasteiger partial charge in [-0.15, -0.1) is 0 Å². The van der Waals surface area contributed by atoms with Gasteiger partial charge in [-0.25, -0.2) is 4.98 Å². The molecule has 2 heterocycles. The van der Waals surface area contributed by atoms with E-state index in [1.165, 1.54) is 5.56 Å². The Balaban J connectivity index is 1.61. The third-order valence-electron chi connectivity index (χ3n) is 3.25. The fourth-order valence-electron chi connectivity index (χ4n) is 2.25.